The lowest BCUT2D eigenvalue weighted by Crippen LogP contribution is -2.62. The van der Waals surface area contributed by atoms with E-state index in [1.165, 1.54) is 31.0 Å². The number of ether oxygens (including phenoxy) is 8. The predicted octanol–water partition coefficient (Wildman–Crippen LogP) is 5.85. The first-order valence-electron chi connectivity index (χ1n) is 28.5. The first-order valence-corrected chi connectivity index (χ1v) is 30.0. The molecule has 4 saturated heterocycles. The summed E-state index contributed by atoms with van der Waals surface area (Å²) >= 11 is 0. The van der Waals surface area contributed by atoms with Crippen LogP contribution in [0.3, 0.4) is 0 Å². The van der Waals surface area contributed by atoms with E-state index in [0.717, 1.165) is 17.8 Å². The van der Waals surface area contributed by atoms with Gasteiger partial charge in [0, 0.05) is 82.5 Å². The van der Waals surface area contributed by atoms with Gasteiger partial charge in [-0.3, -0.25) is 14.6 Å². The Labute approximate surface area is 475 Å². The van der Waals surface area contributed by atoms with Crippen molar-refractivity contribution in [2.75, 3.05) is 54.7 Å². The molecule has 4 fully saturated rings. The maximum atomic E-state index is 15.2. The number of benzene rings is 1. The maximum absolute atomic E-state index is 15.2. The van der Waals surface area contributed by atoms with Crippen molar-refractivity contribution in [3.63, 3.8) is 0 Å². The topological polar surface area (TPSA) is 255 Å². The molecule has 5 aliphatic rings. The summed E-state index contributed by atoms with van der Waals surface area (Å²) in [4.78, 5) is 35.0. The predicted molar refractivity (Wildman–Crippen MR) is 291 cm³/mol. The number of hydrogen-bond donors (Lipinski definition) is 3. The summed E-state index contributed by atoms with van der Waals surface area (Å²) in [5, 5.41) is 32.6. The van der Waals surface area contributed by atoms with Gasteiger partial charge in [0.05, 0.1) is 65.1 Å². The van der Waals surface area contributed by atoms with E-state index in [4.69, 9.17) is 48.6 Å². The van der Waals surface area contributed by atoms with Crippen LogP contribution in [0, 0.1) is 40.9 Å². The van der Waals surface area contributed by atoms with Crippen molar-refractivity contribution in [1.29, 1.82) is 0 Å². The molecule has 81 heavy (non-hydrogen) atoms. The van der Waals surface area contributed by atoms with Gasteiger partial charge in [0.2, 0.25) is 9.84 Å². The standard InChI is InChI=1S/C57H89F3N6O14S/c1-15-43-56(10)39(23-44(67)80-56)34(6)57(28-61)29-62-48(57)30(2)24-55(9,75-14)50(32(4)45(33(5)51(70)78-43)42-25-54(8,74-13)49(69)35(7)77-42)79-52-46(68)40(22-31(3)76-52)65(11)21-20-37-27-66(64-63-37)41(26-58)47(73-12)36-16-18-38(19-17-36)81(71,72)53(59)60/h16-19,27,30-35,39-43,45-47,49-50,52-53,68-69H,15,20-26,28-29,61H2,1-14H3/t30-,31-,32+,33-,34-,35+,39-,40+,41-,42?,43-,45+,46-,47-,49+,50-,52+,54-,55-,56+,57?/m1/s1. The average molecular weight is 1170 g/mol. The minimum atomic E-state index is -4.85. The normalized spacial score (nSPS) is 39.8. The van der Waals surface area contributed by atoms with Crippen LogP contribution in [-0.2, 0) is 63.7 Å². The highest BCUT2D eigenvalue weighted by atomic mass is 32.2. The van der Waals surface area contributed by atoms with Crippen molar-refractivity contribution in [3.05, 3.63) is 41.7 Å². The second-order valence-corrected chi connectivity index (χ2v) is 26.3. The van der Waals surface area contributed by atoms with Crippen molar-refractivity contribution in [2.24, 2.45) is 51.6 Å². The molecular weight excluding hydrogens is 1080 g/mol. The highest BCUT2D eigenvalue weighted by molar-refractivity contribution is 7.91. The van der Waals surface area contributed by atoms with E-state index in [9.17, 15) is 36.6 Å². The average Bonchev–Trinajstić information content (AvgIpc) is 4.22. The van der Waals surface area contributed by atoms with Crippen LogP contribution in [0.5, 0.6) is 0 Å². The Hall–Kier alpha value is -3.69. The molecule has 24 heteroatoms. The molecule has 0 bridgehead atoms. The second-order valence-electron chi connectivity index (χ2n) is 24.4. The Morgan fingerprint density at radius 3 is 2.21 bits per heavy atom. The SMILES string of the molecule is CC[C@H]1OC(=O)[C@H](C)[C@@H](C2C[C@@](C)(OC)[C@@H](O)[C@H](C)O2)[C@H](C)[C@@H](O[C@@H]2O[C@H](C)C[C@H](N(C)CCc3cn([C@H](CF)[C@H](OC)c4ccc(S(=O)(=O)C(F)F)cc4)nn3)[C@H]2O)[C@](C)(OC)C[C@@H](C)C2=NCC2(CN)[C@H](C)[C@H]2CC(=O)O[C@@]21C. The molecule has 0 aliphatic carbocycles. The van der Waals surface area contributed by atoms with E-state index in [1.807, 2.05) is 53.5 Å². The lowest BCUT2D eigenvalue weighted by atomic mass is 9.57. The number of carbonyl (C=O) groups is 2. The number of alkyl halides is 3. The first kappa shape index (κ1) is 64.9. The smallest absolute Gasteiger partial charge is 0.341 e. The highest BCUT2D eigenvalue weighted by Gasteiger charge is 2.62. The lowest BCUT2D eigenvalue weighted by Gasteiger charge is -2.53. The van der Waals surface area contributed by atoms with Crippen LogP contribution in [0.25, 0.3) is 0 Å². The summed E-state index contributed by atoms with van der Waals surface area (Å²) in [5.74, 6) is -7.62. The van der Waals surface area contributed by atoms with Crippen LogP contribution in [-0.4, -0.2) is 188 Å². The number of likely N-dealkylation sites (N-methyl/N-ethyl adjacent to an activating group) is 1. The number of aromatic nitrogens is 3. The van der Waals surface area contributed by atoms with Gasteiger partial charge in [-0.15, -0.1) is 5.10 Å². The van der Waals surface area contributed by atoms with E-state index in [-0.39, 0.29) is 43.1 Å². The molecule has 5 aliphatic heterocycles. The number of halogens is 3. The van der Waals surface area contributed by atoms with Crippen LogP contribution in [0.1, 0.15) is 125 Å². The van der Waals surface area contributed by atoms with Gasteiger partial charge in [-0.2, -0.15) is 8.78 Å². The Bertz CT molecular complexity index is 2620. The number of nitrogens with two attached hydrogens (primary N) is 1. The number of aliphatic hydroxyl groups excluding tert-OH is 2. The number of hydrogen-bond acceptors (Lipinski definition) is 19. The number of aliphatic imine (C=N–C) groups is 1. The molecule has 21 atom stereocenters. The maximum Gasteiger partial charge on any atom is 0.341 e. The zero-order chi connectivity index (χ0) is 59.9. The van der Waals surface area contributed by atoms with Gasteiger partial charge in [-0.05, 0) is 96.4 Å². The second kappa shape index (κ2) is 25.5. The monoisotopic (exact) mass is 1170 g/mol. The fourth-order valence-electron chi connectivity index (χ4n) is 14.4. The van der Waals surface area contributed by atoms with Gasteiger partial charge < -0.3 is 58.7 Å². The van der Waals surface area contributed by atoms with Crippen molar-refractivity contribution in [2.45, 2.75) is 202 Å². The number of nitrogens with zero attached hydrogens (tertiary/aromatic N) is 5. The Morgan fingerprint density at radius 1 is 0.975 bits per heavy atom. The summed E-state index contributed by atoms with van der Waals surface area (Å²) in [5.41, 5.74) is 4.42. The van der Waals surface area contributed by atoms with E-state index in [0.29, 0.717) is 50.0 Å². The van der Waals surface area contributed by atoms with Crippen LogP contribution >= 0.6 is 0 Å². The zero-order valence-corrected chi connectivity index (χ0v) is 50.3. The fourth-order valence-corrected chi connectivity index (χ4v) is 15.1. The molecule has 1 aromatic heterocycles. The van der Waals surface area contributed by atoms with Crippen molar-refractivity contribution < 1.29 is 79.3 Å². The van der Waals surface area contributed by atoms with Gasteiger partial charge in [-0.25, -0.2) is 17.5 Å². The minimum absolute atomic E-state index is 0.116. The third-order valence-electron chi connectivity index (χ3n) is 19.5. The number of fused-ring (bicyclic) bond motifs is 2. The van der Waals surface area contributed by atoms with Gasteiger partial charge in [0.1, 0.15) is 42.7 Å². The van der Waals surface area contributed by atoms with E-state index in [2.05, 4.69) is 24.2 Å². The summed E-state index contributed by atoms with van der Waals surface area (Å²) in [6.45, 7) is 19.2. The number of cyclic esters (lactones) is 1. The molecule has 4 N–H and O–H groups in total. The molecule has 0 spiro atoms. The number of rotatable bonds is 18. The van der Waals surface area contributed by atoms with Gasteiger partial charge in [0.25, 0.3) is 0 Å². The van der Waals surface area contributed by atoms with Crippen LogP contribution in [0.4, 0.5) is 13.2 Å². The minimum Gasteiger partial charge on any atom is -0.458 e. The fraction of sp³-hybridized carbons (Fsp3) is 0.807. The molecule has 2 aromatic rings. The summed E-state index contributed by atoms with van der Waals surface area (Å²) in [6.07, 6.45) is -4.80. The van der Waals surface area contributed by atoms with Gasteiger partial charge in [-0.1, -0.05) is 52.0 Å². The highest BCUT2D eigenvalue weighted by Crippen LogP contribution is 2.53. The number of methoxy groups -OCH3 is 3. The Balaban J connectivity index is 1.20. The molecule has 0 radical (unpaired) electrons. The van der Waals surface area contributed by atoms with Crippen molar-refractivity contribution in [1.82, 2.24) is 19.9 Å². The summed E-state index contributed by atoms with van der Waals surface area (Å²) < 4.78 is 119. The summed E-state index contributed by atoms with van der Waals surface area (Å²) in [7, 11) is 1.50. The zero-order valence-electron chi connectivity index (χ0n) is 49.5. The molecule has 20 nitrogen and oxygen atoms in total. The molecule has 1 aromatic carbocycles. The summed E-state index contributed by atoms with van der Waals surface area (Å²) in [6, 6.07) is 3.07. The molecule has 7 rings (SSSR count). The number of esters is 2. The molecule has 2 unspecified atom stereocenters. The van der Waals surface area contributed by atoms with E-state index < -0.39 is 140 Å². The van der Waals surface area contributed by atoms with Gasteiger partial charge >= 0.3 is 17.7 Å². The number of carbonyl (C=O) groups excluding carboxylic acids is 2. The number of sulfone groups is 1. The van der Waals surface area contributed by atoms with E-state index in [1.54, 1.807) is 27.2 Å². The molecule has 458 valence electrons. The largest absolute Gasteiger partial charge is 0.458 e. The van der Waals surface area contributed by atoms with Crippen molar-refractivity contribution in [3.8, 4) is 0 Å². The third-order valence-corrected chi connectivity index (χ3v) is 20.9. The van der Waals surface area contributed by atoms with Crippen LogP contribution < -0.4 is 5.73 Å². The molecule has 6 heterocycles. The van der Waals surface area contributed by atoms with Crippen LogP contribution in [0.2, 0.25) is 0 Å². The molecule has 0 amide bonds. The van der Waals surface area contributed by atoms with Gasteiger partial charge in [0.15, 0.2) is 6.29 Å². The number of aliphatic hydroxyl groups is 2. The van der Waals surface area contributed by atoms with Crippen molar-refractivity contribution >= 4 is 27.5 Å². The lowest BCUT2D eigenvalue weighted by molar-refractivity contribution is -0.304. The first-order chi connectivity index (χ1) is 38.0. The van der Waals surface area contributed by atoms with E-state index >= 15 is 4.79 Å². The molecule has 0 saturated carbocycles. The third kappa shape index (κ3) is 12.4. The quantitative estimate of drug-likeness (QED) is 0.148. The molecular formula is C57H89F3N6O14S. The Kier molecular flexibility index (Phi) is 20.4. The Morgan fingerprint density at radius 2 is 1.64 bits per heavy atom. The van der Waals surface area contributed by atoms with Crippen LogP contribution in [0.15, 0.2) is 40.4 Å².